The lowest BCUT2D eigenvalue weighted by Gasteiger charge is -2.11. The maximum Gasteiger partial charge on any atom is 0.0524 e. The van der Waals surface area contributed by atoms with E-state index in [4.69, 9.17) is 5.73 Å². The van der Waals surface area contributed by atoms with Gasteiger partial charge in [-0.3, -0.25) is 4.68 Å². The van der Waals surface area contributed by atoms with Crippen molar-refractivity contribution >= 4 is 0 Å². The number of aromatic nitrogens is 2. The summed E-state index contributed by atoms with van der Waals surface area (Å²) in [6.45, 7) is 4.22. The predicted octanol–water partition coefficient (Wildman–Crippen LogP) is 1.26. The van der Waals surface area contributed by atoms with Crippen LogP contribution < -0.4 is 5.73 Å². The normalized spacial score (nSPS) is 16.0. The molecule has 1 aromatic heterocycles. The highest BCUT2D eigenvalue weighted by atomic mass is 15.2. The highest BCUT2D eigenvalue weighted by Crippen LogP contribution is 2.18. The van der Waals surface area contributed by atoms with Crippen molar-refractivity contribution in [1.29, 1.82) is 0 Å². The number of nitrogens with two attached hydrogens (primary N) is 1. The number of hydrogen-bond donors (Lipinski definition) is 1. The second-order valence-electron chi connectivity index (χ2n) is 3.56. The van der Waals surface area contributed by atoms with Crippen LogP contribution in [0, 0.1) is 0 Å². The van der Waals surface area contributed by atoms with Gasteiger partial charge in [-0.1, -0.05) is 6.92 Å². The first kappa shape index (κ1) is 9.26. The van der Waals surface area contributed by atoms with Gasteiger partial charge in [-0.25, -0.2) is 0 Å². The lowest BCUT2D eigenvalue weighted by Crippen LogP contribution is -2.17. The highest BCUT2D eigenvalue weighted by molar-refractivity contribution is 5.10. The molecule has 0 bridgehead atoms. The summed E-state index contributed by atoms with van der Waals surface area (Å²) in [7, 11) is 1.93. The summed E-state index contributed by atoms with van der Waals surface area (Å²) in [5, 5.41) is 4.12. The molecule has 0 aromatic carbocycles. The van der Waals surface area contributed by atoms with Crippen LogP contribution in [0.2, 0.25) is 0 Å². The van der Waals surface area contributed by atoms with E-state index in [1.807, 2.05) is 31.0 Å². The maximum absolute atomic E-state index is 5.71. The summed E-state index contributed by atoms with van der Waals surface area (Å²) in [4.78, 5) is 0. The molecule has 0 aliphatic rings. The average Bonchev–Trinajstić information content (AvgIpc) is 2.34. The number of aryl methyl sites for hydroxylation is 1. The van der Waals surface area contributed by atoms with Gasteiger partial charge in [0.15, 0.2) is 0 Å². The third kappa shape index (κ3) is 2.34. The van der Waals surface area contributed by atoms with E-state index in [1.54, 1.807) is 0 Å². The molecule has 68 valence electrons. The Labute approximate surface area is 73.6 Å². The molecule has 1 heterocycles. The largest absolute Gasteiger partial charge is 0.328 e. The minimum Gasteiger partial charge on any atom is -0.328 e. The molecule has 0 spiro atoms. The fourth-order valence-corrected chi connectivity index (χ4v) is 1.39. The van der Waals surface area contributed by atoms with Gasteiger partial charge in [0.05, 0.1) is 6.20 Å². The average molecular weight is 167 g/mol. The molecule has 3 nitrogen and oxygen atoms in total. The molecule has 1 rings (SSSR count). The topological polar surface area (TPSA) is 43.8 Å². The first-order valence-electron chi connectivity index (χ1n) is 4.33. The maximum atomic E-state index is 5.71. The molecule has 2 atom stereocenters. The third-order valence-corrected chi connectivity index (χ3v) is 2.02. The van der Waals surface area contributed by atoms with E-state index in [0.29, 0.717) is 5.92 Å². The molecule has 2 N–H and O–H groups in total. The predicted molar refractivity (Wildman–Crippen MR) is 49.9 cm³/mol. The third-order valence-electron chi connectivity index (χ3n) is 2.02. The second-order valence-corrected chi connectivity index (χ2v) is 3.56. The van der Waals surface area contributed by atoms with Crippen molar-refractivity contribution in [1.82, 2.24) is 9.78 Å². The van der Waals surface area contributed by atoms with Crippen molar-refractivity contribution in [2.24, 2.45) is 12.8 Å². The van der Waals surface area contributed by atoms with Crippen LogP contribution in [-0.4, -0.2) is 15.8 Å². The lowest BCUT2D eigenvalue weighted by molar-refractivity contribution is 0.585. The Kier molecular flexibility index (Phi) is 2.87. The number of nitrogens with zero attached hydrogens (tertiary/aromatic N) is 2. The molecule has 0 radical (unpaired) electrons. The summed E-state index contributed by atoms with van der Waals surface area (Å²) in [6.07, 6.45) is 4.98. The summed E-state index contributed by atoms with van der Waals surface area (Å²) < 4.78 is 1.83. The Morgan fingerprint density at radius 3 is 2.67 bits per heavy atom. The Balaban J connectivity index is 2.58. The van der Waals surface area contributed by atoms with Gasteiger partial charge < -0.3 is 5.73 Å². The van der Waals surface area contributed by atoms with Gasteiger partial charge in [-0.2, -0.15) is 5.10 Å². The van der Waals surface area contributed by atoms with E-state index < -0.39 is 0 Å². The van der Waals surface area contributed by atoms with Crippen molar-refractivity contribution in [3.63, 3.8) is 0 Å². The standard InChI is InChI=1S/C9H17N3/c1-7(4-8(2)10)9-5-11-12(3)6-9/h5-8H,4,10H2,1-3H3. The van der Waals surface area contributed by atoms with E-state index in [0.717, 1.165) is 6.42 Å². The van der Waals surface area contributed by atoms with Crippen LogP contribution in [0.5, 0.6) is 0 Å². The highest BCUT2D eigenvalue weighted by Gasteiger charge is 2.08. The fraction of sp³-hybridized carbons (Fsp3) is 0.667. The Morgan fingerprint density at radius 1 is 1.58 bits per heavy atom. The summed E-state index contributed by atoms with van der Waals surface area (Å²) in [5.41, 5.74) is 6.98. The molecular weight excluding hydrogens is 150 g/mol. The first-order valence-corrected chi connectivity index (χ1v) is 4.33. The molecule has 0 saturated heterocycles. The van der Waals surface area contributed by atoms with Crippen molar-refractivity contribution in [2.75, 3.05) is 0 Å². The zero-order chi connectivity index (χ0) is 9.14. The van der Waals surface area contributed by atoms with E-state index in [2.05, 4.69) is 12.0 Å². The van der Waals surface area contributed by atoms with Crippen LogP contribution in [0.15, 0.2) is 12.4 Å². The van der Waals surface area contributed by atoms with Gasteiger partial charge in [-0.15, -0.1) is 0 Å². The lowest BCUT2D eigenvalue weighted by atomic mass is 9.98. The van der Waals surface area contributed by atoms with Crippen molar-refractivity contribution < 1.29 is 0 Å². The van der Waals surface area contributed by atoms with E-state index in [1.165, 1.54) is 5.56 Å². The zero-order valence-electron chi connectivity index (χ0n) is 7.99. The van der Waals surface area contributed by atoms with Gasteiger partial charge in [0.1, 0.15) is 0 Å². The van der Waals surface area contributed by atoms with Crippen LogP contribution in [-0.2, 0) is 7.05 Å². The number of hydrogen-bond acceptors (Lipinski definition) is 2. The van der Waals surface area contributed by atoms with E-state index in [-0.39, 0.29) is 6.04 Å². The molecule has 2 unspecified atom stereocenters. The first-order chi connectivity index (χ1) is 5.59. The molecular formula is C9H17N3. The van der Waals surface area contributed by atoms with Crippen LogP contribution in [0.1, 0.15) is 31.7 Å². The summed E-state index contributed by atoms with van der Waals surface area (Å²) >= 11 is 0. The Bertz CT molecular complexity index is 240. The monoisotopic (exact) mass is 167 g/mol. The minimum absolute atomic E-state index is 0.264. The Morgan fingerprint density at radius 2 is 2.25 bits per heavy atom. The molecule has 12 heavy (non-hydrogen) atoms. The SMILES string of the molecule is CC(N)CC(C)c1cnn(C)c1. The number of rotatable bonds is 3. The van der Waals surface area contributed by atoms with Crippen LogP contribution in [0.25, 0.3) is 0 Å². The molecule has 0 aliphatic carbocycles. The molecule has 0 saturated carbocycles. The summed E-state index contributed by atoms with van der Waals surface area (Å²) in [6, 6.07) is 0.264. The molecule has 0 aliphatic heterocycles. The second kappa shape index (κ2) is 3.72. The van der Waals surface area contributed by atoms with Crippen molar-refractivity contribution in [3.05, 3.63) is 18.0 Å². The van der Waals surface area contributed by atoms with E-state index >= 15 is 0 Å². The molecule has 1 aromatic rings. The minimum atomic E-state index is 0.264. The van der Waals surface area contributed by atoms with Gasteiger partial charge in [0, 0.05) is 19.3 Å². The van der Waals surface area contributed by atoms with Gasteiger partial charge in [0.2, 0.25) is 0 Å². The van der Waals surface area contributed by atoms with Crippen molar-refractivity contribution in [3.8, 4) is 0 Å². The van der Waals surface area contributed by atoms with Gasteiger partial charge >= 0.3 is 0 Å². The summed E-state index contributed by atoms with van der Waals surface area (Å²) in [5.74, 6) is 0.513. The quantitative estimate of drug-likeness (QED) is 0.736. The zero-order valence-corrected chi connectivity index (χ0v) is 7.99. The smallest absolute Gasteiger partial charge is 0.0524 e. The molecule has 0 amide bonds. The fourth-order valence-electron chi connectivity index (χ4n) is 1.39. The van der Waals surface area contributed by atoms with E-state index in [9.17, 15) is 0 Å². The molecule has 3 heteroatoms. The Hall–Kier alpha value is -0.830. The van der Waals surface area contributed by atoms with Crippen LogP contribution in [0.3, 0.4) is 0 Å². The van der Waals surface area contributed by atoms with Crippen LogP contribution >= 0.6 is 0 Å². The van der Waals surface area contributed by atoms with Crippen molar-refractivity contribution in [2.45, 2.75) is 32.2 Å². The molecule has 0 fully saturated rings. The van der Waals surface area contributed by atoms with Gasteiger partial charge in [0.25, 0.3) is 0 Å². The van der Waals surface area contributed by atoms with Gasteiger partial charge in [-0.05, 0) is 24.8 Å². The van der Waals surface area contributed by atoms with Crippen LogP contribution in [0.4, 0.5) is 0 Å².